The summed E-state index contributed by atoms with van der Waals surface area (Å²) < 4.78 is 11.6. The molecule has 0 amide bonds. The molecule has 29 heavy (non-hydrogen) atoms. The molecule has 2 heterocycles. The maximum atomic E-state index is 9.47. The molecule has 0 aliphatic carbocycles. The largest absolute Gasteiger partial charge is 0.484 e. The fourth-order valence-corrected chi connectivity index (χ4v) is 3.87. The van der Waals surface area contributed by atoms with Crippen LogP contribution < -0.4 is 9.64 Å². The highest BCUT2D eigenvalue weighted by atomic mass is 35.5. The number of nitriles is 1. The van der Waals surface area contributed by atoms with Crippen LogP contribution in [0.2, 0.25) is 5.02 Å². The van der Waals surface area contributed by atoms with E-state index in [0.29, 0.717) is 34.2 Å². The first-order chi connectivity index (χ1) is 14.2. The van der Waals surface area contributed by atoms with Crippen molar-refractivity contribution in [3.05, 3.63) is 76.8 Å². The van der Waals surface area contributed by atoms with Crippen molar-refractivity contribution >= 4 is 17.5 Å². The summed E-state index contributed by atoms with van der Waals surface area (Å²) in [5.41, 5.74) is 1.69. The van der Waals surface area contributed by atoms with E-state index in [2.05, 4.69) is 40.2 Å². The minimum Gasteiger partial charge on any atom is -0.484 e. The summed E-state index contributed by atoms with van der Waals surface area (Å²) in [6.45, 7) is 1.87. The maximum absolute atomic E-state index is 9.47. The number of oxazole rings is 1. The van der Waals surface area contributed by atoms with Crippen LogP contribution in [0.4, 0.5) is 5.88 Å². The van der Waals surface area contributed by atoms with Crippen LogP contribution >= 0.6 is 11.6 Å². The summed E-state index contributed by atoms with van der Waals surface area (Å²) in [6.07, 6.45) is 3.22. The van der Waals surface area contributed by atoms with Gasteiger partial charge in [0.25, 0.3) is 0 Å². The molecule has 0 unspecified atom stereocenters. The molecule has 0 spiro atoms. The Balaban J connectivity index is 1.37. The van der Waals surface area contributed by atoms with E-state index in [4.69, 9.17) is 20.8 Å². The van der Waals surface area contributed by atoms with E-state index in [0.717, 1.165) is 32.4 Å². The van der Waals surface area contributed by atoms with E-state index in [-0.39, 0.29) is 6.61 Å². The number of benzene rings is 2. The highest BCUT2D eigenvalue weighted by Gasteiger charge is 2.25. The summed E-state index contributed by atoms with van der Waals surface area (Å²) in [5.74, 6) is 2.23. The highest BCUT2D eigenvalue weighted by Crippen LogP contribution is 2.29. The van der Waals surface area contributed by atoms with Gasteiger partial charge in [0.05, 0.1) is 0 Å². The zero-order valence-corrected chi connectivity index (χ0v) is 16.8. The van der Waals surface area contributed by atoms with Crippen molar-refractivity contribution in [2.24, 2.45) is 5.92 Å². The number of hydrogen-bond acceptors (Lipinski definition) is 5. The second-order valence-electron chi connectivity index (χ2n) is 7.24. The molecule has 1 aliphatic heterocycles. The molecule has 1 aromatic heterocycles. The summed E-state index contributed by atoms with van der Waals surface area (Å²) in [4.78, 5) is 6.42. The molecular weight excluding hydrogens is 386 g/mol. The van der Waals surface area contributed by atoms with Crippen LogP contribution in [0.3, 0.4) is 0 Å². The van der Waals surface area contributed by atoms with Gasteiger partial charge in [0.2, 0.25) is 17.5 Å². The second-order valence-corrected chi connectivity index (χ2v) is 7.68. The van der Waals surface area contributed by atoms with Crippen molar-refractivity contribution < 1.29 is 9.15 Å². The first kappa shape index (κ1) is 19.4. The van der Waals surface area contributed by atoms with Gasteiger partial charge in [-0.1, -0.05) is 48.0 Å². The molecular formula is C23H22ClN3O2. The Labute approximate surface area is 175 Å². The number of piperidine rings is 1. The van der Waals surface area contributed by atoms with Crippen LogP contribution in [-0.4, -0.2) is 18.1 Å². The molecule has 0 bridgehead atoms. The van der Waals surface area contributed by atoms with E-state index in [1.54, 1.807) is 12.1 Å². The van der Waals surface area contributed by atoms with Gasteiger partial charge in [0, 0.05) is 18.1 Å². The SMILES string of the molecule is N#Cc1nc(COc2cccc(Cl)c2)oc1N1CCC(Cc2ccccc2)CC1. The minimum absolute atomic E-state index is 0.152. The Morgan fingerprint density at radius 3 is 2.66 bits per heavy atom. The third-order valence-corrected chi connectivity index (χ3v) is 5.42. The zero-order valence-electron chi connectivity index (χ0n) is 16.1. The van der Waals surface area contributed by atoms with Crippen molar-refractivity contribution in [3.8, 4) is 11.8 Å². The lowest BCUT2D eigenvalue weighted by molar-refractivity contribution is 0.262. The first-order valence-corrected chi connectivity index (χ1v) is 10.2. The average Bonchev–Trinajstić information content (AvgIpc) is 3.17. The Hall–Kier alpha value is -2.97. The van der Waals surface area contributed by atoms with E-state index in [1.807, 2.05) is 18.2 Å². The highest BCUT2D eigenvalue weighted by molar-refractivity contribution is 6.30. The molecule has 3 aromatic rings. The molecule has 4 rings (SSSR count). The number of halogens is 1. The molecule has 0 N–H and O–H groups in total. The predicted molar refractivity (Wildman–Crippen MR) is 112 cm³/mol. The Kier molecular flexibility index (Phi) is 6.02. The van der Waals surface area contributed by atoms with Gasteiger partial charge < -0.3 is 14.1 Å². The molecule has 148 valence electrons. The maximum Gasteiger partial charge on any atom is 0.236 e. The lowest BCUT2D eigenvalue weighted by atomic mass is 9.90. The monoisotopic (exact) mass is 407 g/mol. The molecule has 1 aliphatic rings. The van der Waals surface area contributed by atoms with Gasteiger partial charge in [0.1, 0.15) is 11.8 Å². The number of rotatable bonds is 6. The van der Waals surface area contributed by atoms with Crippen LogP contribution in [0.15, 0.2) is 59.0 Å². The zero-order chi connectivity index (χ0) is 20.1. The first-order valence-electron chi connectivity index (χ1n) is 9.78. The van der Waals surface area contributed by atoms with E-state index in [1.165, 1.54) is 5.56 Å². The van der Waals surface area contributed by atoms with E-state index >= 15 is 0 Å². The average molecular weight is 408 g/mol. The number of aromatic nitrogens is 1. The molecule has 1 saturated heterocycles. The third kappa shape index (κ3) is 4.90. The fourth-order valence-electron chi connectivity index (χ4n) is 3.69. The van der Waals surface area contributed by atoms with Gasteiger partial charge in [-0.05, 0) is 48.9 Å². The van der Waals surface area contributed by atoms with E-state index < -0.39 is 0 Å². The number of nitrogens with zero attached hydrogens (tertiary/aromatic N) is 3. The van der Waals surface area contributed by atoms with Gasteiger partial charge in [-0.2, -0.15) is 10.2 Å². The van der Waals surface area contributed by atoms with E-state index in [9.17, 15) is 5.26 Å². The number of hydrogen-bond donors (Lipinski definition) is 0. The smallest absolute Gasteiger partial charge is 0.236 e. The molecule has 6 heteroatoms. The summed E-state index contributed by atoms with van der Waals surface area (Å²) in [6, 6.07) is 19.9. The van der Waals surface area contributed by atoms with Gasteiger partial charge in [0.15, 0.2) is 6.61 Å². The van der Waals surface area contributed by atoms with Crippen LogP contribution in [0, 0.1) is 17.2 Å². The Morgan fingerprint density at radius 2 is 1.93 bits per heavy atom. The lowest BCUT2D eigenvalue weighted by Gasteiger charge is -2.31. The van der Waals surface area contributed by atoms with Gasteiger partial charge in [-0.3, -0.25) is 0 Å². The van der Waals surface area contributed by atoms with Crippen molar-refractivity contribution in [2.45, 2.75) is 25.9 Å². The van der Waals surface area contributed by atoms with Gasteiger partial charge in [-0.15, -0.1) is 0 Å². The van der Waals surface area contributed by atoms with Gasteiger partial charge >= 0.3 is 0 Å². The normalized spacial score (nSPS) is 14.6. The standard InChI is InChI=1S/C23H22ClN3O2/c24-19-7-4-8-20(14-19)28-16-22-26-21(15-25)23(29-22)27-11-9-18(10-12-27)13-17-5-2-1-3-6-17/h1-8,14,18H,9-13,16H2. The Morgan fingerprint density at radius 1 is 1.14 bits per heavy atom. The predicted octanol–water partition coefficient (Wildman–Crippen LogP) is 5.24. The molecule has 0 atom stereocenters. The topological polar surface area (TPSA) is 62.3 Å². The quantitative estimate of drug-likeness (QED) is 0.559. The molecule has 1 fully saturated rings. The molecule has 0 saturated carbocycles. The summed E-state index contributed by atoms with van der Waals surface area (Å²) in [5, 5.41) is 10.1. The lowest BCUT2D eigenvalue weighted by Crippen LogP contribution is -2.34. The third-order valence-electron chi connectivity index (χ3n) is 5.19. The van der Waals surface area contributed by atoms with Crippen molar-refractivity contribution in [2.75, 3.05) is 18.0 Å². The molecule has 5 nitrogen and oxygen atoms in total. The molecule has 2 aromatic carbocycles. The van der Waals surface area contributed by atoms with Crippen molar-refractivity contribution in [3.63, 3.8) is 0 Å². The van der Waals surface area contributed by atoms with Crippen LogP contribution in [0.25, 0.3) is 0 Å². The van der Waals surface area contributed by atoms with Crippen LogP contribution in [0.5, 0.6) is 5.75 Å². The van der Waals surface area contributed by atoms with Gasteiger partial charge in [-0.25, -0.2) is 0 Å². The fraction of sp³-hybridized carbons (Fsp3) is 0.304. The molecule has 0 radical (unpaired) electrons. The second kappa shape index (κ2) is 9.02. The van der Waals surface area contributed by atoms with Crippen LogP contribution in [0.1, 0.15) is 30.0 Å². The summed E-state index contributed by atoms with van der Waals surface area (Å²) in [7, 11) is 0. The van der Waals surface area contributed by atoms with Crippen molar-refractivity contribution in [1.29, 1.82) is 5.26 Å². The number of ether oxygens (including phenoxy) is 1. The van der Waals surface area contributed by atoms with Crippen molar-refractivity contribution in [1.82, 2.24) is 4.98 Å². The summed E-state index contributed by atoms with van der Waals surface area (Å²) >= 11 is 5.97. The van der Waals surface area contributed by atoms with Crippen LogP contribution in [-0.2, 0) is 13.0 Å². The number of anilines is 1. The Bertz CT molecular complexity index is 989. The minimum atomic E-state index is 0.152.